The molecule has 0 aromatic heterocycles. The zero-order chi connectivity index (χ0) is 12.5. The highest BCUT2D eigenvalue weighted by Crippen LogP contribution is 2.24. The lowest BCUT2D eigenvalue weighted by Gasteiger charge is -2.16. The zero-order valence-electron chi connectivity index (χ0n) is 9.93. The lowest BCUT2D eigenvalue weighted by Crippen LogP contribution is -2.21. The summed E-state index contributed by atoms with van der Waals surface area (Å²) in [6.07, 6.45) is -0.312. The molecule has 3 nitrogen and oxygen atoms in total. The molecule has 0 atom stereocenters. The van der Waals surface area contributed by atoms with Gasteiger partial charge in [0, 0.05) is 5.70 Å². The van der Waals surface area contributed by atoms with Crippen LogP contribution in [0.5, 0.6) is 0 Å². The van der Waals surface area contributed by atoms with Crippen LogP contribution in [0.15, 0.2) is 49.0 Å². The Morgan fingerprint density at radius 1 is 1.17 bits per heavy atom. The summed E-state index contributed by atoms with van der Waals surface area (Å²) in [5.74, 6) is 0. The molecule has 0 radical (unpaired) electrons. The summed E-state index contributed by atoms with van der Waals surface area (Å²) < 4.78 is 4.92. The fourth-order valence-corrected chi connectivity index (χ4v) is 2.16. The molecule has 2 aromatic carbocycles. The second kappa shape index (κ2) is 4.18. The van der Waals surface area contributed by atoms with E-state index in [-0.39, 0.29) is 6.09 Å². The van der Waals surface area contributed by atoms with E-state index in [1.54, 1.807) is 4.90 Å². The third-order valence-corrected chi connectivity index (χ3v) is 3.17. The fraction of sp³-hybridized carbons (Fsp3) is 0.133. The first-order valence-electron chi connectivity index (χ1n) is 5.88. The average Bonchev–Trinajstić information content (AvgIpc) is 2.83. The molecule has 1 fully saturated rings. The van der Waals surface area contributed by atoms with Crippen molar-refractivity contribution in [1.82, 2.24) is 4.90 Å². The van der Waals surface area contributed by atoms with Crippen LogP contribution in [0.4, 0.5) is 4.79 Å². The maximum absolute atomic E-state index is 11.5. The Morgan fingerprint density at radius 2 is 1.94 bits per heavy atom. The quantitative estimate of drug-likeness (QED) is 0.805. The summed E-state index contributed by atoms with van der Waals surface area (Å²) in [6.45, 7) is 5.00. The Hall–Kier alpha value is -2.29. The van der Waals surface area contributed by atoms with Crippen molar-refractivity contribution in [2.75, 3.05) is 13.2 Å². The lowest BCUT2D eigenvalue weighted by atomic mass is 10.1. The van der Waals surface area contributed by atoms with E-state index in [0.717, 1.165) is 10.9 Å². The number of cyclic esters (lactones) is 1. The largest absolute Gasteiger partial charge is 0.447 e. The van der Waals surface area contributed by atoms with Crippen molar-refractivity contribution in [3.8, 4) is 0 Å². The highest BCUT2D eigenvalue weighted by atomic mass is 16.6. The first-order valence-corrected chi connectivity index (χ1v) is 5.88. The third kappa shape index (κ3) is 1.74. The van der Waals surface area contributed by atoms with Crippen molar-refractivity contribution in [3.63, 3.8) is 0 Å². The van der Waals surface area contributed by atoms with Crippen LogP contribution in [0.3, 0.4) is 0 Å². The second-order valence-electron chi connectivity index (χ2n) is 4.27. The number of fused-ring (bicyclic) bond motifs is 1. The van der Waals surface area contributed by atoms with Crippen molar-refractivity contribution in [1.29, 1.82) is 0 Å². The molecular weight excluding hydrogens is 226 g/mol. The van der Waals surface area contributed by atoms with E-state index in [9.17, 15) is 4.79 Å². The number of hydrogen-bond donors (Lipinski definition) is 0. The molecule has 1 saturated heterocycles. The summed E-state index contributed by atoms with van der Waals surface area (Å²) in [6, 6.07) is 14.2. The standard InChI is InChI=1S/C15H13NO2/c1-11(16-8-9-18-15(16)17)13-7-6-12-4-2-3-5-14(12)10-13/h2-7,10H,1,8-9H2. The normalized spacial score (nSPS) is 14.9. The van der Waals surface area contributed by atoms with Gasteiger partial charge in [0.1, 0.15) is 6.61 Å². The molecule has 3 heteroatoms. The van der Waals surface area contributed by atoms with E-state index in [4.69, 9.17) is 4.74 Å². The van der Waals surface area contributed by atoms with Crippen molar-refractivity contribution in [2.45, 2.75) is 0 Å². The number of nitrogens with zero attached hydrogens (tertiary/aromatic N) is 1. The molecule has 0 bridgehead atoms. The van der Waals surface area contributed by atoms with Crippen molar-refractivity contribution >= 4 is 22.6 Å². The Labute approximate surface area is 105 Å². The first-order chi connectivity index (χ1) is 8.75. The third-order valence-electron chi connectivity index (χ3n) is 3.17. The molecule has 90 valence electrons. The van der Waals surface area contributed by atoms with Gasteiger partial charge in [0.2, 0.25) is 0 Å². The van der Waals surface area contributed by atoms with Gasteiger partial charge in [0.25, 0.3) is 0 Å². The van der Waals surface area contributed by atoms with E-state index in [2.05, 4.69) is 18.7 Å². The summed E-state index contributed by atoms with van der Waals surface area (Å²) in [4.78, 5) is 13.1. The molecule has 0 aliphatic carbocycles. The van der Waals surface area contributed by atoms with Crippen LogP contribution in [-0.2, 0) is 4.74 Å². The minimum Gasteiger partial charge on any atom is -0.447 e. The Bertz CT molecular complexity index is 633. The number of carbonyl (C=O) groups is 1. The van der Waals surface area contributed by atoms with Gasteiger partial charge in [-0.3, -0.25) is 4.90 Å². The molecule has 1 amide bonds. The van der Waals surface area contributed by atoms with Crippen LogP contribution < -0.4 is 0 Å². The number of amides is 1. The molecule has 1 heterocycles. The molecule has 1 aliphatic rings. The topological polar surface area (TPSA) is 29.5 Å². The highest BCUT2D eigenvalue weighted by molar-refractivity contribution is 5.88. The van der Waals surface area contributed by atoms with Crippen LogP contribution in [0.2, 0.25) is 0 Å². The summed E-state index contributed by atoms with van der Waals surface area (Å²) in [5, 5.41) is 2.32. The van der Waals surface area contributed by atoms with Crippen molar-refractivity contribution in [3.05, 3.63) is 54.6 Å². The monoisotopic (exact) mass is 239 g/mol. The Morgan fingerprint density at radius 3 is 2.67 bits per heavy atom. The SMILES string of the molecule is C=C(c1ccc2ccccc2c1)N1CCOC1=O. The van der Waals surface area contributed by atoms with Gasteiger partial charge >= 0.3 is 6.09 Å². The summed E-state index contributed by atoms with van der Waals surface area (Å²) in [7, 11) is 0. The smallest absolute Gasteiger partial charge is 0.414 e. The Kier molecular flexibility index (Phi) is 2.52. The molecule has 2 aromatic rings. The van der Waals surface area contributed by atoms with Gasteiger partial charge < -0.3 is 4.74 Å². The first kappa shape index (κ1) is 10.8. The number of hydrogen-bond acceptors (Lipinski definition) is 2. The zero-order valence-corrected chi connectivity index (χ0v) is 9.93. The van der Waals surface area contributed by atoms with E-state index in [1.165, 1.54) is 5.39 Å². The molecule has 0 N–H and O–H groups in total. The summed E-state index contributed by atoms with van der Waals surface area (Å²) >= 11 is 0. The van der Waals surface area contributed by atoms with Gasteiger partial charge in [-0.2, -0.15) is 0 Å². The maximum atomic E-state index is 11.5. The van der Waals surface area contributed by atoms with Crippen LogP contribution in [-0.4, -0.2) is 24.1 Å². The molecule has 18 heavy (non-hydrogen) atoms. The minimum absolute atomic E-state index is 0.312. The van der Waals surface area contributed by atoms with E-state index in [0.29, 0.717) is 18.8 Å². The molecule has 0 unspecified atom stereocenters. The van der Waals surface area contributed by atoms with Gasteiger partial charge in [0.05, 0.1) is 6.54 Å². The van der Waals surface area contributed by atoms with Crippen LogP contribution in [0, 0.1) is 0 Å². The van der Waals surface area contributed by atoms with Gasteiger partial charge in [-0.15, -0.1) is 0 Å². The predicted molar refractivity (Wildman–Crippen MR) is 71.0 cm³/mol. The maximum Gasteiger partial charge on any atom is 0.414 e. The molecule has 0 saturated carbocycles. The molecule has 0 spiro atoms. The number of carbonyl (C=O) groups excluding carboxylic acids is 1. The van der Waals surface area contributed by atoms with E-state index >= 15 is 0 Å². The fourth-order valence-electron chi connectivity index (χ4n) is 2.16. The number of ether oxygens (including phenoxy) is 1. The number of rotatable bonds is 2. The van der Waals surface area contributed by atoms with Crippen molar-refractivity contribution in [2.24, 2.45) is 0 Å². The highest BCUT2D eigenvalue weighted by Gasteiger charge is 2.25. The van der Waals surface area contributed by atoms with Crippen LogP contribution >= 0.6 is 0 Å². The van der Waals surface area contributed by atoms with Crippen LogP contribution in [0.25, 0.3) is 16.5 Å². The van der Waals surface area contributed by atoms with E-state index < -0.39 is 0 Å². The van der Waals surface area contributed by atoms with E-state index in [1.807, 2.05) is 30.3 Å². The van der Waals surface area contributed by atoms with Gasteiger partial charge in [-0.05, 0) is 22.4 Å². The van der Waals surface area contributed by atoms with Crippen LogP contribution in [0.1, 0.15) is 5.56 Å². The number of benzene rings is 2. The summed E-state index contributed by atoms with van der Waals surface area (Å²) in [5.41, 5.74) is 1.65. The Balaban J connectivity index is 1.99. The van der Waals surface area contributed by atoms with Gasteiger partial charge in [0.15, 0.2) is 0 Å². The molecular formula is C15H13NO2. The second-order valence-corrected chi connectivity index (χ2v) is 4.27. The van der Waals surface area contributed by atoms with Gasteiger partial charge in [-0.1, -0.05) is 43.0 Å². The predicted octanol–water partition coefficient (Wildman–Crippen LogP) is 3.26. The minimum atomic E-state index is -0.312. The molecule has 3 rings (SSSR count). The average molecular weight is 239 g/mol. The molecule has 1 aliphatic heterocycles. The van der Waals surface area contributed by atoms with Crippen molar-refractivity contribution < 1.29 is 9.53 Å². The van der Waals surface area contributed by atoms with Gasteiger partial charge in [-0.25, -0.2) is 4.79 Å². The lowest BCUT2D eigenvalue weighted by molar-refractivity contribution is 0.167.